The quantitative estimate of drug-likeness (QED) is 0.829. The molecular weight excluding hydrogens is 258 g/mol. The maximum atomic E-state index is 11.3. The van der Waals surface area contributed by atoms with Gasteiger partial charge < -0.3 is 14.6 Å². The lowest BCUT2D eigenvalue weighted by molar-refractivity contribution is 0.0690. The lowest BCUT2D eigenvalue weighted by atomic mass is 10.2. The molecule has 1 heterocycles. The first-order chi connectivity index (χ1) is 9.72. The van der Waals surface area contributed by atoms with Gasteiger partial charge in [0.15, 0.2) is 11.5 Å². The Kier molecular flexibility index (Phi) is 5.24. The zero-order valence-electron chi connectivity index (χ0n) is 11.8. The molecule has 1 saturated heterocycles. The molecule has 0 aliphatic carbocycles. The second kappa shape index (κ2) is 7.14. The molecule has 1 fully saturated rings. The molecule has 0 atom stereocenters. The van der Waals surface area contributed by atoms with E-state index in [9.17, 15) is 9.90 Å². The number of nitrogens with zero attached hydrogens (tertiary/aromatic N) is 1. The van der Waals surface area contributed by atoms with Crippen LogP contribution in [0.25, 0.3) is 0 Å². The van der Waals surface area contributed by atoms with Gasteiger partial charge in [0.05, 0.1) is 6.61 Å². The fraction of sp³-hybridized carbons (Fsp3) is 0.533. The van der Waals surface area contributed by atoms with Gasteiger partial charge in [-0.05, 0) is 45.0 Å². The Balaban J connectivity index is 2.04. The van der Waals surface area contributed by atoms with Crippen LogP contribution < -0.4 is 9.47 Å². The van der Waals surface area contributed by atoms with Crippen LogP contribution in [0.15, 0.2) is 18.2 Å². The highest BCUT2D eigenvalue weighted by Gasteiger charge is 2.17. The molecule has 0 bridgehead atoms. The van der Waals surface area contributed by atoms with Gasteiger partial charge in [-0.3, -0.25) is 4.90 Å². The minimum absolute atomic E-state index is 0.150. The second-order valence-corrected chi connectivity index (χ2v) is 4.77. The number of ether oxygens (including phenoxy) is 2. The number of aromatic carboxylic acids is 1. The van der Waals surface area contributed by atoms with E-state index in [-0.39, 0.29) is 5.56 Å². The summed E-state index contributed by atoms with van der Waals surface area (Å²) >= 11 is 0. The zero-order valence-corrected chi connectivity index (χ0v) is 11.8. The summed E-state index contributed by atoms with van der Waals surface area (Å²) in [6, 6.07) is 4.94. The van der Waals surface area contributed by atoms with Crippen LogP contribution in [-0.4, -0.2) is 48.8 Å². The normalized spacial score (nSPS) is 15.2. The summed E-state index contributed by atoms with van der Waals surface area (Å²) in [5.41, 5.74) is 0.150. The number of hydrogen-bond acceptors (Lipinski definition) is 4. The predicted molar refractivity (Wildman–Crippen MR) is 75.7 cm³/mol. The standard InChI is InChI=1S/C15H21NO4/c1-2-19-13-7-5-6-12(15(17)18)14(13)20-11-10-16-8-3-4-9-16/h5-7H,2-4,8-11H2,1H3,(H,17,18). The first kappa shape index (κ1) is 14.7. The molecule has 5 nitrogen and oxygen atoms in total. The van der Waals surface area contributed by atoms with E-state index in [2.05, 4.69) is 4.90 Å². The van der Waals surface area contributed by atoms with E-state index >= 15 is 0 Å². The summed E-state index contributed by atoms with van der Waals surface area (Å²) in [6.45, 7) is 5.83. The highest BCUT2D eigenvalue weighted by Crippen LogP contribution is 2.31. The molecule has 0 unspecified atom stereocenters. The fourth-order valence-corrected chi connectivity index (χ4v) is 2.39. The molecule has 0 saturated carbocycles. The minimum atomic E-state index is -0.997. The summed E-state index contributed by atoms with van der Waals surface area (Å²) in [7, 11) is 0. The van der Waals surface area contributed by atoms with Crippen LogP contribution in [0.1, 0.15) is 30.1 Å². The van der Waals surface area contributed by atoms with Crippen molar-refractivity contribution < 1.29 is 19.4 Å². The molecule has 0 amide bonds. The third-order valence-electron chi connectivity index (χ3n) is 3.36. The van der Waals surface area contributed by atoms with Crippen LogP contribution in [0, 0.1) is 0 Å². The van der Waals surface area contributed by atoms with E-state index < -0.39 is 5.97 Å². The van der Waals surface area contributed by atoms with Crippen molar-refractivity contribution in [3.63, 3.8) is 0 Å². The van der Waals surface area contributed by atoms with Gasteiger partial charge in [0, 0.05) is 6.54 Å². The molecule has 110 valence electrons. The van der Waals surface area contributed by atoms with Gasteiger partial charge in [0.2, 0.25) is 0 Å². The highest BCUT2D eigenvalue weighted by atomic mass is 16.5. The van der Waals surface area contributed by atoms with E-state index in [1.54, 1.807) is 12.1 Å². The Bertz CT molecular complexity index is 455. The Morgan fingerprint density at radius 1 is 1.30 bits per heavy atom. The van der Waals surface area contributed by atoms with Gasteiger partial charge in [-0.25, -0.2) is 4.79 Å². The summed E-state index contributed by atoms with van der Waals surface area (Å²) < 4.78 is 11.1. The molecule has 1 aromatic carbocycles. The van der Waals surface area contributed by atoms with Gasteiger partial charge in [-0.15, -0.1) is 0 Å². The molecule has 0 radical (unpaired) electrons. The first-order valence-electron chi connectivity index (χ1n) is 7.06. The average molecular weight is 279 g/mol. The number of hydrogen-bond donors (Lipinski definition) is 1. The number of rotatable bonds is 7. The van der Waals surface area contributed by atoms with Crippen molar-refractivity contribution in [2.75, 3.05) is 32.8 Å². The van der Waals surface area contributed by atoms with Crippen molar-refractivity contribution in [1.82, 2.24) is 4.90 Å². The van der Waals surface area contributed by atoms with Crippen LogP contribution in [0.2, 0.25) is 0 Å². The van der Waals surface area contributed by atoms with Crippen molar-refractivity contribution in [1.29, 1.82) is 0 Å². The van der Waals surface area contributed by atoms with Crippen LogP contribution >= 0.6 is 0 Å². The molecule has 1 aromatic rings. The number of benzene rings is 1. The maximum Gasteiger partial charge on any atom is 0.339 e. The molecular formula is C15H21NO4. The molecule has 2 rings (SSSR count). The number of carbonyl (C=O) groups is 1. The van der Waals surface area contributed by atoms with E-state index in [4.69, 9.17) is 9.47 Å². The summed E-state index contributed by atoms with van der Waals surface area (Å²) in [5.74, 6) is -0.169. The van der Waals surface area contributed by atoms with Gasteiger partial charge in [0.25, 0.3) is 0 Å². The van der Waals surface area contributed by atoms with Gasteiger partial charge in [-0.1, -0.05) is 6.07 Å². The van der Waals surface area contributed by atoms with Crippen molar-refractivity contribution in [2.24, 2.45) is 0 Å². The Hall–Kier alpha value is -1.75. The summed E-state index contributed by atoms with van der Waals surface area (Å²) in [5, 5.41) is 9.22. The Labute approximate surface area is 119 Å². The minimum Gasteiger partial charge on any atom is -0.490 e. The predicted octanol–water partition coefficient (Wildman–Crippen LogP) is 2.26. The van der Waals surface area contributed by atoms with Crippen LogP contribution in [0.3, 0.4) is 0 Å². The maximum absolute atomic E-state index is 11.3. The van der Waals surface area contributed by atoms with E-state index in [1.807, 2.05) is 6.92 Å². The SMILES string of the molecule is CCOc1cccc(C(=O)O)c1OCCN1CCCC1. The molecule has 1 aliphatic heterocycles. The largest absolute Gasteiger partial charge is 0.490 e. The van der Waals surface area contributed by atoms with E-state index in [0.717, 1.165) is 19.6 Å². The van der Waals surface area contributed by atoms with Crippen LogP contribution in [-0.2, 0) is 0 Å². The van der Waals surface area contributed by atoms with Gasteiger partial charge >= 0.3 is 5.97 Å². The third kappa shape index (κ3) is 3.63. The highest BCUT2D eigenvalue weighted by molar-refractivity contribution is 5.92. The lowest BCUT2D eigenvalue weighted by Crippen LogP contribution is -2.25. The topological polar surface area (TPSA) is 59.0 Å². The fourth-order valence-electron chi connectivity index (χ4n) is 2.39. The average Bonchev–Trinajstić information content (AvgIpc) is 2.93. The number of para-hydroxylation sites is 1. The molecule has 5 heteroatoms. The third-order valence-corrected chi connectivity index (χ3v) is 3.36. The van der Waals surface area contributed by atoms with Crippen molar-refractivity contribution >= 4 is 5.97 Å². The molecule has 0 aromatic heterocycles. The number of likely N-dealkylation sites (tertiary alicyclic amines) is 1. The van der Waals surface area contributed by atoms with Gasteiger partial charge in [-0.2, -0.15) is 0 Å². The molecule has 20 heavy (non-hydrogen) atoms. The first-order valence-corrected chi connectivity index (χ1v) is 7.06. The molecule has 1 N–H and O–H groups in total. The lowest BCUT2D eigenvalue weighted by Gasteiger charge is -2.17. The molecule has 0 spiro atoms. The second-order valence-electron chi connectivity index (χ2n) is 4.77. The Morgan fingerprint density at radius 2 is 2.05 bits per heavy atom. The van der Waals surface area contributed by atoms with Crippen molar-refractivity contribution in [2.45, 2.75) is 19.8 Å². The zero-order chi connectivity index (χ0) is 14.4. The summed E-state index contributed by atoms with van der Waals surface area (Å²) in [4.78, 5) is 13.6. The number of carboxylic acids is 1. The van der Waals surface area contributed by atoms with E-state index in [0.29, 0.717) is 24.7 Å². The van der Waals surface area contributed by atoms with Crippen molar-refractivity contribution in [3.05, 3.63) is 23.8 Å². The monoisotopic (exact) mass is 279 g/mol. The van der Waals surface area contributed by atoms with E-state index in [1.165, 1.54) is 18.9 Å². The number of carboxylic acid groups (broad SMARTS) is 1. The van der Waals surface area contributed by atoms with Crippen LogP contribution in [0.5, 0.6) is 11.5 Å². The summed E-state index contributed by atoms with van der Waals surface area (Å²) in [6.07, 6.45) is 2.46. The molecule has 1 aliphatic rings. The smallest absolute Gasteiger partial charge is 0.339 e. The Morgan fingerprint density at radius 3 is 2.70 bits per heavy atom. The van der Waals surface area contributed by atoms with Crippen molar-refractivity contribution in [3.8, 4) is 11.5 Å². The van der Waals surface area contributed by atoms with Gasteiger partial charge in [0.1, 0.15) is 12.2 Å². The van der Waals surface area contributed by atoms with Crippen LogP contribution in [0.4, 0.5) is 0 Å².